The molecule has 1 aliphatic rings. The molecule has 0 atom stereocenters. The van der Waals surface area contributed by atoms with E-state index in [-0.39, 0.29) is 18.3 Å². The van der Waals surface area contributed by atoms with Gasteiger partial charge in [-0.2, -0.15) is 23.3 Å². The predicted molar refractivity (Wildman–Crippen MR) is 103 cm³/mol. The van der Waals surface area contributed by atoms with Crippen LogP contribution >= 0.6 is 0 Å². The Kier molecular flexibility index (Phi) is 5.10. The number of aromatic amines is 1. The van der Waals surface area contributed by atoms with Crippen molar-refractivity contribution in [3.8, 4) is 0 Å². The number of anilines is 3. The molecule has 0 saturated carbocycles. The van der Waals surface area contributed by atoms with E-state index in [4.69, 9.17) is 0 Å². The summed E-state index contributed by atoms with van der Waals surface area (Å²) in [6.07, 6.45) is -1.32. The fourth-order valence-electron chi connectivity index (χ4n) is 3.25. The van der Waals surface area contributed by atoms with Gasteiger partial charge in [-0.1, -0.05) is 6.07 Å². The van der Waals surface area contributed by atoms with E-state index in [1.165, 1.54) is 17.3 Å². The van der Waals surface area contributed by atoms with Crippen LogP contribution in [0.5, 0.6) is 0 Å². The molecule has 0 fully saturated rings. The second-order valence-electron chi connectivity index (χ2n) is 6.99. The van der Waals surface area contributed by atoms with Crippen molar-refractivity contribution in [2.24, 2.45) is 0 Å². The lowest BCUT2D eigenvalue weighted by Gasteiger charge is -2.25. The van der Waals surface area contributed by atoms with Crippen molar-refractivity contribution >= 4 is 17.5 Å². The predicted octanol–water partition coefficient (Wildman–Crippen LogP) is 3.56. The average Bonchev–Trinajstić information content (AvgIpc) is 3.19. The number of halogens is 3. The van der Waals surface area contributed by atoms with Crippen molar-refractivity contribution in [2.75, 3.05) is 24.2 Å². The number of likely N-dealkylation sites (N-methyl/N-ethyl adjacent to an activating group) is 1. The molecule has 29 heavy (non-hydrogen) atoms. The van der Waals surface area contributed by atoms with E-state index < -0.39 is 11.7 Å². The molecule has 0 saturated heterocycles. The van der Waals surface area contributed by atoms with Crippen LogP contribution < -0.4 is 10.6 Å². The van der Waals surface area contributed by atoms with E-state index in [1.54, 1.807) is 6.07 Å². The molecule has 3 aromatic rings. The summed E-state index contributed by atoms with van der Waals surface area (Å²) >= 11 is 0. The standard InChI is InChI=1S/C19H20F3N7/c1-29-7-5-12-8-14(3-2-13(12)11-29)26-18-24-10-16(19(20,21)22)17(27-18)23-9-15-4-6-25-28-15/h2-4,6,8,10H,5,7,9,11H2,1H3,(H,25,28)(H2,23,24,26,27). The minimum absolute atomic E-state index is 0.0954. The van der Waals surface area contributed by atoms with Crippen molar-refractivity contribution < 1.29 is 13.2 Å². The van der Waals surface area contributed by atoms with Crippen LogP contribution in [0.1, 0.15) is 22.4 Å². The van der Waals surface area contributed by atoms with Gasteiger partial charge in [0.15, 0.2) is 0 Å². The van der Waals surface area contributed by atoms with Crippen molar-refractivity contribution in [1.82, 2.24) is 25.1 Å². The Labute approximate surface area is 165 Å². The van der Waals surface area contributed by atoms with Crippen LogP contribution in [0.15, 0.2) is 36.7 Å². The minimum Gasteiger partial charge on any atom is -0.364 e. The van der Waals surface area contributed by atoms with Crippen LogP contribution in [0.25, 0.3) is 0 Å². The third kappa shape index (κ3) is 4.48. The Morgan fingerprint density at radius 1 is 1.21 bits per heavy atom. The lowest BCUT2D eigenvalue weighted by molar-refractivity contribution is -0.137. The number of alkyl halides is 3. The first kappa shape index (κ1) is 19.2. The van der Waals surface area contributed by atoms with E-state index >= 15 is 0 Å². The summed E-state index contributed by atoms with van der Waals surface area (Å²) in [5, 5.41) is 12.2. The highest BCUT2D eigenvalue weighted by atomic mass is 19.4. The van der Waals surface area contributed by atoms with Gasteiger partial charge in [-0.25, -0.2) is 4.98 Å². The molecular formula is C19H20F3N7. The summed E-state index contributed by atoms with van der Waals surface area (Å²) in [6.45, 7) is 1.98. The summed E-state index contributed by atoms with van der Waals surface area (Å²) in [5.41, 5.74) is 2.94. The van der Waals surface area contributed by atoms with E-state index in [2.05, 4.69) is 42.7 Å². The van der Waals surface area contributed by atoms with Crippen molar-refractivity contribution in [3.05, 3.63) is 59.0 Å². The number of nitrogens with zero attached hydrogens (tertiary/aromatic N) is 4. The highest BCUT2D eigenvalue weighted by Gasteiger charge is 2.35. The first-order chi connectivity index (χ1) is 13.9. The number of aromatic nitrogens is 4. The molecule has 0 unspecified atom stereocenters. The number of hydrogen-bond acceptors (Lipinski definition) is 6. The molecule has 1 aliphatic heterocycles. The highest BCUT2D eigenvalue weighted by molar-refractivity contribution is 5.58. The summed E-state index contributed by atoms with van der Waals surface area (Å²) in [6, 6.07) is 7.58. The number of hydrogen-bond donors (Lipinski definition) is 3. The maximum Gasteiger partial charge on any atom is 0.421 e. The zero-order valence-corrected chi connectivity index (χ0v) is 15.7. The number of fused-ring (bicyclic) bond motifs is 1. The van der Waals surface area contributed by atoms with Gasteiger partial charge < -0.3 is 15.5 Å². The van der Waals surface area contributed by atoms with Gasteiger partial charge >= 0.3 is 6.18 Å². The molecule has 2 aromatic heterocycles. The zero-order chi connectivity index (χ0) is 20.4. The monoisotopic (exact) mass is 403 g/mol. The van der Waals surface area contributed by atoms with E-state index in [1.807, 2.05) is 18.2 Å². The third-order valence-corrected chi connectivity index (χ3v) is 4.76. The quantitative estimate of drug-likeness (QED) is 0.604. The van der Waals surface area contributed by atoms with Crippen molar-refractivity contribution in [3.63, 3.8) is 0 Å². The van der Waals surface area contributed by atoms with Crippen LogP contribution in [0, 0.1) is 0 Å². The maximum absolute atomic E-state index is 13.3. The second-order valence-corrected chi connectivity index (χ2v) is 6.99. The van der Waals surface area contributed by atoms with E-state index in [0.29, 0.717) is 5.69 Å². The highest BCUT2D eigenvalue weighted by Crippen LogP contribution is 2.34. The molecular weight excluding hydrogens is 383 g/mol. The Morgan fingerprint density at radius 3 is 2.83 bits per heavy atom. The van der Waals surface area contributed by atoms with Gasteiger partial charge in [0.05, 0.1) is 12.2 Å². The minimum atomic E-state index is -4.56. The van der Waals surface area contributed by atoms with Crippen LogP contribution in [0.4, 0.5) is 30.6 Å². The fraction of sp³-hybridized carbons (Fsp3) is 0.316. The van der Waals surface area contributed by atoms with Crippen molar-refractivity contribution in [2.45, 2.75) is 25.7 Å². The maximum atomic E-state index is 13.3. The van der Waals surface area contributed by atoms with Crippen LogP contribution in [0.2, 0.25) is 0 Å². The number of benzene rings is 1. The number of rotatable bonds is 5. The Hall–Kier alpha value is -3.14. The molecule has 0 radical (unpaired) electrons. The third-order valence-electron chi connectivity index (χ3n) is 4.76. The summed E-state index contributed by atoms with van der Waals surface area (Å²) in [4.78, 5) is 10.2. The lowest BCUT2D eigenvalue weighted by atomic mass is 9.99. The molecule has 3 N–H and O–H groups in total. The SMILES string of the molecule is CN1CCc2cc(Nc3ncc(C(F)(F)F)c(NCc4ccn[nH]4)n3)ccc2C1. The molecule has 1 aromatic carbocycles. The smallest absolute Gasteiger partial charge is 0.364 e. The van der Waals surface area contributed by atoms with E-state index in [0.717, 1.165) is 31.4 Å². The topological polar surface area (TPSA) is 81.8 Å². The molecule has 3 heterocycles. The first-order valence-electron chi connectivity index (χ1n) is 9.12. The van der Waals surface area contributed by atoms with Gasteiger partial charge in [-0.3, -0.25) is 5.10 Å². The summed E-state index contributed by atoms with van der Waals surface area (Å²) in [7, 11) is 2.07. The Bertz CT molecular complexity index is 986. The van der Waals surface area contributed by atoms with Gasteiger partial charge in [0.1, 0.15) is 11.4 Å². The van der Waals surface area contributed by atoms with Gasteiger partial charge in [0, 0.05) is 31.2 Å². The first-order valence-corrected chi connectivity index (χ1v) is 9.12. The zero-order valence-electron chi connectivity index (χ0n) is 15.7. The molecule has 7 nitrogen and oxygen atoms in total. The van der Waals surface area contributed by atoms with Crippen LogP contribution in [-0.2, 0) is 25.7 Å². The second kappa shape index (κ2) is 7.70. The van der Waals surface area contributed by atoms with E-state index in [9.17, 15) is 13.2 Å². The van der Waals surface area contributed by atoms with Gasteiger partial charge in [0.25, 0.3) is 0 Å². The summed E-state index contributed by atoms with van der Waals surface area (Å²) < 4.78 is 40.0. The normalized spacial score (nSPS) is 14.5. The largest absolute Gasteiger partial charge is 0.421 e. The molecule has 4 rings (SSSR count). The molecule has 10 heteroatoms. The average molecular weight is 403 g/mol. The van der Waals surface area contributed by atoms with Gasteiger partial charge in [-0.05, 0) is 42.8 Å². The molecule has 0 amide bonds. The Balaban J connectivity index is 1.56. The van der Waals surface area contributed by atoms with Crippen molar-refractivity contribution in [1.29, 1.82) is 0 Å². The van der Waals surface area contributed by atoms with Gasteiger partial charge in [-0.15, -0.1) is 0 Å². The van der Waals surface area contributed by atoms with Crippen LogP contribution in [0.3, 0.4) is 0 Å². The van der Waals surface area contributed by atoms with Crippen LogP contribution in [-0.4, -0.2) is 38.7 Å². The Morgan fingerprint density at radius 2 is 2.07 bits per heavy atom. The molecule has 152 valence electrons. The lowest BCUT2D eigenvalue weighted by Crippen LogP contribution is -2.26. The molecule has 0 aliphatic carbocycles. The number of H-pyrrole nitrogens is 1. The number of nitrogens with one attached hydrogen (secondary N) is 3. The fourth-order valence-corrected chi connectivity index (χ4v) is 3.25. The summed E-state index contributed by atoms with van der Waals surface area (Å²) in [5.74, 6) is -0.192. The van der Waals surface area contributed by atoms with Gasteiger partial charge in [0.2, 0.25) is 5.95 Å². The molecule has 0 spiro atoms. The molecule has 0 bridgehead atoms.